The van der Waals surface area contributed by atoms with Crippen molar-refractivity contribution in [2.24, 2.45) is 0 Å². The minimum Gasteiger partial charge on any atom is -0.465 e. The normalized spacial score (nSPS) is 12.0. The predicted octanol–water partition coefficient (Wildman–Crippen LogP) is 2.58. The maximum atomic E-state index is 12.3. The number of hydrogen-bond acceptors (Lipinski definition) is 7. The van der Waals surface area contributed by atoms with Crippen LogP contribution < -0.4 is 9.47 Å². The maximum Gasteiger partial charge on any atom is 0.340 e. The van der Waals surface area contributed by atoms with Crippen molar-refractivity contribution < 1.29 is 33.3 Å². The van der Waals surface area contributed by atoms with Crippen molar-refractivity contribution >= 4 is 28.6 Å². The number of nitrogens with zero attached hydrogens (tertiary/aromatic N) is 1. The lowest BCUT2D eigenvalue weighted by Crippen LogP contribution is -2.18. The Morgan fingerprint density at radius 2 is 1.86 bits per heavy atom. The molecule has 0 aliphatic carbocycles. The van der Waals surface area contributed by atoms with Crippen LogP contribution in [0.2, 0.25) is 0 Å². The number of benzene rings is 2. The number of fused-ring (bicyclic) bond motifs is 2. The molecule has 1 aromatic heterocycles. The Balaban J connectivity index is 1.44. The summed E-state index contributed by atoms with van der Waals surface area (Å²) in [7, 11) is 1.30. The van der Waals surface area contributed by atoms with E-state index in [1.54, 1.807) is 47.0 Å². The Hall–Kier alpha value is -3.81. The SMILES string of the molecule is COC(=O)c1cn(CC(=O)OCC(=O)c2ccc3c(c2)OCO3)c2ccccc12. The highest BCUT2D eigenvalue weighted by Gasteiger charge is 2.19. The highest BCUT2D eigenvalue weighted by Crippen LogP contribution is 2.32. The fourth-order valence-electron chi connectivity index (χ4n) is 3.13. The molecule has 0 bridgehead atoms. The third-order valence-electron chi connectivity index (χ3n) is 4.55. The number of Topliss-reactive ketones (excluding diaryl/α,β-unsaturated/α-hetero) is 1. The van der Waals surface area contributed by atoms with Gasteiger partial charge in [-0.3, -0.25) is 9.59 Å². The molecule has 148 valence electrons. The molecule has 0 saturated carbocycles. The van der Waals surface area contributed by atoms with Crippen LogP contribution in [0.3, 0.4) is 0 Å². The zero-order chi connectivity index (χ0) is 20.4. The van der Waals surface area contributed by atoms with Gasteiger partial charge < -0.3 is 23.5 Å². The summed E-state index contributed by atoms with van der Waals surface area (Å²) in [5.74, 6) is -0.400. The summed E-state index contributed by atoms with van der Waals surface area (Å²) in [5.41, 5.74) is 1.40. The van der Waals surface area contributed by atoms with Gasteiger partial charge in [0.1, 0.15) is 6.54 Å². The van der Waals surface area contributed by atoms with Crippen molar-refractivity contribution in [2.45, 2.75) is 6.54 Å². The zero-order valence-electron chi connectivity index (χ0n) is 15.5. The summed E-state index contributed by atoms with van der Waals surface area (Å²) >= 11 is 0. The van der Waals surface area contributed by atoms with E-state index >= 15 is 0 Å². The van der Waals surface area contributed by atoms with Crippen LogP contribution in [0, 0.1) is 0 Å². The molecule has 1 aliphatic rings. The van der Waals surface area contributed by atoms with Gasteiger partial charge in [-0.2, -0.15) is 0 Å². The molecule has 0 amide bonds. The maximum absolute atomic E-state index is 12.3. The van der Waals surface area contributed by atoms with Crippen molar-refractivity contribution in [2.75, 3.05) is 20.5 Å². The topological polar surface area (TPSA) is 93.1 Å². The summed E-state index contributed by atoms with van der Waals surface area (Å²) in [6.07, 6.45) is 1.54. The molecule has 29 heavy (non-hydrogen) atoms. The molecule has 0 atom stereocenters. The van der Waals surface area contributed by atoms with Gasteiger partial charge >= 0.3 is 11.9 Å². The van der Waals surface area contributed by atoms with Crippen molar-refractivity contribution in [1.29, 1.82) is 0 Å². The van der Waals surface area contributed by atoms with Crippen LogP contribution in [0.15, 0.2) is 48.7 Å². The number of para-hydroxylation sites is 1. The number of rotatable bonds is 6. The van der Waals surface area contributed by atoms with E-state index in [4.69, 9.17) is 18.9 Å². The summed E-state index contributed by atoms with van der Waals surface area (Å²) in [4.78, 5) is 36.5. The van der Waals surface area contributed by atoms with Gasteiger partial charge in [0.15, 0.2) is 23.9 Å². The van der Waals surface area contributed by atoms with Crippen LogP contribution in [0.25, 0.3) is 10.9 Å². The fraction of sp³-hybridized carbons (Fsp3) is 0.190. The number of ether oxygens (including phenoxy) is 4. The molecular weight excluding hydrogens is 378 g/mol. The van der Waals surface area contributed by atoms with E-state index in [9.17, 15) is 14.4 Å². The Labute approximate surface area is 165 Å². The highest BCUT2D eigenvalue weighted by atomic mass is 16.7. The monoisotopic (exact) mass is 395 g/mol. The van der Waals surface area contributed by atoms with Gasteiger partial charge in [0, 0.05) is 22.7 Å². The third kappa shape index (κ3) is 3.64. The van der Waals surface area contributed by atoms with E-state index in [1.165, 1.54) is 13.3 Å². The first-order chi connectivity index (χ1) is 14.1. The number of hydrogen-bond donors (Lipinski definition) is 0. The summed E-state index contributed by atoms with van der Waals surface area (Å²) in [6, 6.07) is 11.9. The molecule has 0 fully saturated rings. The van der Waals surface area contributed by atoms with Crippen molar-refractivity contribution in [3.8, 4) is 11.5 Å². The molecule has 0 saturated heterocycles. The smallest absolute Gasteiger partial charge is 0.340 e. The molecule has 8 nitrogen and oxygen atoms in total. The van der Waals surface area contributed by atoms with Gasteiger partial charge in [-0.05, 0) is 24.3 Å². The summed E-state index contributed by atoms with van der Waals surface area (Å²) < 4.78 is 22.0. The van der Waals surface area contributed by atoms with E-state index < -0.39 is 18.5 Å². The van der Waals surface area contributed by atoms with E-state index in [1.807, 2.05) is 0 Å². The third-order valence-corrected chi connectivity index (χ3v) is 4.55. The lowest BCUT2D eigenvalue weighted by molar-refractivity contribution is -0.143. The van der Waals surface area contributed by atoms with E-state index in [0.29, 0.717) is 33.5 Å². The van der Waals surface area contributed by atoms with Crippen LogP contribution in [0.5, 0.6) is 11.5 Å². The first-order valence-corrected chi connectivity index (χ1v) is 8.81. The number of methoxy groups -OCH3 is 1. The van der Waals surface area contributed by atoms with Gasteiger partial charge in [0.2, 0.25) is 6.79 Å². The molecule has 2 aromatic carbocycles. The first-order valence-electron chi connectivity index (χ1n) is 8.81. The van der Waals surface area contributed by atoms with Gasteiger partial charge in [0.05, 0.1) is 12.7 Å². The number of carbonyl (C=O) groups excluding carboxylic acids is 3. The average molecular weight is 395 g/mol. The molecule has 0 radical (unpaired) electrons. The number of aromatic nitrogens is 1. The predicted molar refractivity (Wildman–Crippen MR) is 101 cm³/mol. The zero-order valence-corrected chi connectivity index (χ0v) is 15.5. The van der Waals surface area contributed by atoms with Gasteiger partial charge in [-0.25, -0.2) is 4.79 Å². The quantitative estimate of drug-likeness (QED) is 0.468. The van der Waals surface area contributed by atoms with Crippen LogP contribution in [0.4, 0.5) is 0 Å². The van der Waals surface area contributed by atoms with Gasteiger partial charge in [-0.1, -0.05) is 18.2 Å². The number of carbonyl (C=O) groups is 3. The van der Waals surface area contributed by atoms with E-state index in [2.05, 4.69) is 0 Å². The average Bonchev–Trinajstić information content (AvgIpc) is 3.36. The largest absolute Gasteiger partial charge is 0.465 e. The van der Waals surface area contributed by atoms with Crippen LogP contribution in [-0.4, -0.2) is 42.8 Å². The fourth-order valence-corrected chi connectivity index (χ4v) is 3.13. The molecule has 2 heterocycles. The lowest BCUT2D eigenvalue weighted by Gasteiger charge is -2.07. The summed E-state index contributed by atoms with van der Waals surface area (Å²) in [6.45, 7) is -0.437. The minimum absolute atomic E-state index is 0.111. The molecule has 4 rings (SSSR count). The lowest BCUT2D eigenvalue weighted by atomic mass is 10.1. The Morgan fingerprint density at radius 1 is 1.07 bits per heavy atom. The number of esters is 2. The minimum atomic E-state index is -0.601. The molecular formula is C21H17NO7. The molecule has 0 N–H and O–H groups in total. The Kier molecular flexibility index (Phi) is 4.90. The van der Waals surface area contributed by atoms with Crippen LogP contribution in [-0.2, 0) is 20.8 Å². The highest BCUT2D eigenvalue weighted by molar-refractivity contribution is 6.04. The number of ketones is 1. The van der Waals surface area contributed by atoms with Crippen molar-refractivity contribution in [3.05, 3.63) is 59.8 Å². The van der Waals surface area contributed by atoms with Crippen molar-refractivity contribution in [1.82, 2.24) is 4.57 Å². The standard InChI is InChI=1S/C21H17NO7/c1-26-21(25)15-9-22(16-5-3-2-4-14(15)16)10-20(24)27-11-17(23)13-6-7-18-19(8-13)29-12-28-18/h2-9H,10-12H2,1H3. The van der Waals surface area contributed by atoms with Crippen LogP contribution >= 0.6 is 0 Å². The molecule has 0 spiro atoms. The Morgan fingerprint density at radius 3 is 2.69 bits per heavy atom. The Bertz CT molecular complexity index is 1120. The van der Waals surface area contributed by atoms with E-state index in [0.717, 1.165) is 0 Å². The summed E-state index contributed by atoms with van der Waals surface area (Å²) in [5, 5.41) is 0.670. The van der Waals surface area contributed by atoms with Crippen molar-refractivity contribution in [3.63, 3.8) is 0 Å². The molecule has 8 heteroatoms. The second kappa shape index (κ2) is 7.67. The van der Waals surface area contributed by atoms with Gasteiger partial charge in [-0.15, -0.1) is 0 Å². The molecule has 3 aromatic rings. The van der Waals surface area contributed by atoms with Gasteiger partial charge in [0.25, 0.3) is 0 Å². The second-order valence-electron chi connectivity index (χ2n) is 6.33. The van der Waals surface area contributed by atoms with E-state index in [-0.39, 0.29) is 19.1 Å². The first kappa shape index (κ1) is 18.5. The van der Waals surface area contributed by atoms with Crippen LogP contribution in [0.1, 0.15) is 20.7 Å². The second-order valence-corrected chi connectivity index (χ2v) is 6.33. The molecule has 1 aliphatic heterocycles. The molecule has 0 unspecified atom stereocenters.